The van der Waals surface area contributed by atoms with Crippen molar-refractivity contribution >= 4 is 27.4 Å². The van der Waals surface area contributed by atoms with Crippen molar-refractivity contribution in [2.24, 2.45) is 5.92 Å². The number of nitrogens with two attached hydrogens (primary N) is 1. The molecule has 0 aromatic carbocycles. The van der Waals surface area contributed by atoms with Crippen LogP contribution in [0.3, 0.4) is 0 Å². The highest BCUT2D eigenvalue weighted by Crippen LogP contribution is 2.28. The molecule has 86 valence electrons. The Morgan fingerprint density at radius 1 is 1.38 bits per heavy atom. The number of hydrogen-bond acceptors (Lipinski definition) is 4. The van der Waals surface area contributed by atoms with Crippen LogP contribution in [0.4, 0.5) is 5.82 Å². The smallest absolute Gasteiger partial charge is 0.135 e. The summed E-state index contributed by atoms with van der Waals surface area (Å²) in [4.78, 5) is 11.3. The van der Waals surface area contributed by atoms with E-state index in [0.29, 0.717) is 11.7 Å². The molecule has 2 N–H and O–H groups in total. The van der Waals surface area contributed by atoms with Crippen molar-refractivity contribution in [3.63, 3.8) is 0 Å². The van der Waals surface area contributed by atoms with Crippen molar-refractivity contribution < 1.29 is 0 Å². The van der Waals surface area contributed by atoms with E-state index in [-0.39, 0.29) is 0 Å². The Balaban J connectivity index is 2.48. The second-order valence-corrected chi connectivity index (χ2v) is 5.52. The average molecular weight is 235 g/mol. The fraction of sp³-hybridized carbons (Fsp3) is 0.500. The molecule has 0 fully saturated rings. The van der Waals surface area contributed by atoms with Gasteiger partial charge in [0.05, 0.1) is 5.39 Å². The van der Waals surface area contributed by atoms with Crippen LogP contribution >= 0.6 is 11.3 Å². The van der Waals surface area contributed by atoms with Crippen LogP contribution in [0.1, 0.15) is 31.5 Å². The number of hydrogen-bond donors (Lipinski definition) is 1. The number of nitrogen functional groups attached to an aromatic ring is 1. The molecule has 16 heavy (non-hydrogen) atoms. The summed E-state index contributed by atoms with van der Waals surface area (Å²) in [7, 11) is 0. The third-order valence-corrected chi connectivity index (χ3v) is 3.63. The third-order valence-electron chi connectivity index (χ3n) is 2.46. The summed E-state index contributed by atoms with van der Waals surface area (Å²) in [6, 6.07) is 2.11. The Bertz CT molecular complexity index is 502. The molecule has 0 radical (unpaired) electrons. The molecule has 2 heterocycles. The van der Waals surface area contributed by atoms with Crippen LogP contribution in [0.15, 0.2) is 6.07 Å². The average Bonchev–Trinajstić information content (AvgIpc) is 2.60. The number of rotatable bonds is 3. The Morgan fingerprint density at radius 3 is 2.75 bits per heavy atom. The predicted octanol–water partition coefficient (Wildman–Crippen LogP) is 3.03. The SMILES string of the molecule is CCc1cc2c(N)nc(CC(C)C)nc2s1. The molecule has 3 nitrogen and oxygen atoms in total. The first kappa shape index (κ1) is 11.3. The fourth-order valence-corrected chi connectivity index (χ4v) is 2.66. The van der Waals surface area contributed by atoms with Gasteiger partial charge in [-0.3, -0.25) is 0 Å². The summed E-state index contributed by atoms with van der Waals surface area (Å²) < 4.78 is 0. The Kier molecular flexibility index (Phi) is 3.10. The van der Waals surface area contributed by atoms with Gasteiger partial charge in [0, 0.05) is 11.3 Å². The van der Waals surface area contributed by atoms with Gasteiger partial charge in [0.1, 0.15) is 16.5 Å². The van der Waals surface area contributed by atoms with Crippen LogP contribution in [-0.2, 0) is 12.8 Å². The highest BCUT2D eigenvalue weighted by Gasteiger charge is 2.09. The Hall–Kier alpha value is -1.16. The zero-order chi connectivity index (χ0) is 11.7. The first-order chi connectivity index (χ1) is 7.60. The maximum Gasteiger partial charge on any atom is 0.135 e. The van der Waals surface area contributed by atoms with Gasteiger partial charge >= 0.3 is 0 Å². The minimum Gasteiger partial charge on any atom is -0.383 e. The molecule has 4 heteroatoms. The van der Waals surface area contributed by atoms with Gasteiger partial charge in [0.15, 0.2) is 0 Å². The number of fused-ring (bicyclic) bond motifs is 1. The number of aromatic nitrogens is 2. The first-order valence-corrected chi connectivity index (χ1v) is 6.46. The van der Waals surface area contributed by atoms with Crippen LogP contribution in [0.25, 0.3) is 10.2 Å². The maximum atomic E-state index is 5.96. The van der Waals surface area contributed by atoms with Crippen LogP contribution in [-0.4, -0.2) is 9.97 Å². The van der Waals surface area contributed by atoms with E-state index in [1.165, 1.54) is 4.88 Å². The lowest BCUT2D eigenvalue weighted by molar-refractivity contribution is 0.624. The van der Waals surface area contributed by atoms with Crippen LogP contribution in [0.5, 0.6) is 0 Å². The second kappa shape index (κ2) is 4.37. The zero-order valence-electron chi connectivity index (χ0n) is 9.95. The van der Waals surface area contributed by atoms with Crippen molar-refractivity contribution in [1.29, 1.82) is 0 Å². The lowest BCUT2D eigenvalue weighted by Gasteiger charge is -2.04. The number of aryl methyl sites for hydroxylation is 1. The predicted molar refractivity (Wildman–Crippen MR) is 69.7 cm³/mol. The molecule has 0 saturated heterocycles. The lowest BCUT2D eigenvalue weighted by Crippen LogP contribution is -2.03. The minimum atomic E-state index is 0.558. The molecule has 0 amide bonds. The van der Waals surface area contributed by atoms with E-state index >= 15 is 0 Å². The summed E-state index contributed by atoms with van der Waals surface area (Å²) in [6.45, 7) is 6.47. The monoisotopic (exact) mass is 235 g/mol. The van der Waals surface area contributed by atoms with Crippen molar-refractivity contribution in [3.05, 3.63) is 16.8 Å². The van der Waals surface area contributed by atoms with Gasteiger partial charge < -0.3 is 5.73 Å². The van der Waals surface area contributed by atoms with Crippen LogP contribution in [0.2, 0.25) is 0 Å². The first-order valence-electron chi connectivity index (χ1n) is 5.65. The molecule has 2 aromatic rings. The summed E-state index contributed by atoms with van der Waals surface area (Å²) in [5.74, 6) is 2.04. The van der Waals surface area contributed by atoms with Gasteiger partial charge in [-0.2, -0.15) is 0 Å². The molecule has 0 atom stereocenters. The maximum absolute atomic E-state index is 5.96. The van der Waals surface area contributed by atoms with Crippen molar-refractivity contribution in [1.82, 2.24) is 9.97 Å². The van der Waals surface area contributed by atoms with Gasteiger partial charge in [-0.25, -0.2) is 9.97 Å². The topological polar surface area (TPSA) is 51.8 Å². The zero-order valence-corrected chi connectivity index (χ0v) is 10.8. The van der Waals surface area contributed by atoms with Gasteiger partial charge in [0.25, 0.3) is 0 Å². The Labute approximate surface area is 99.7 Å². The van der Waals surface area contributed by atoms with Gasteiger partial charge in [-0.1, -0.05) is 20.8 Å². The van der Waals surface area contributed by atoms with Gasteiger partial charge in [0.2, 0.25) is 0 Å². The fourth-order valence-electron chi connectivity index (χ4n) is 1.67. The lowest BCUT2D eigenvalue weighted by atomic mass is 10.1. The summed E-state index contributed by atoms with van der Waals surface area (Å²) in [5.41, 5.74) is 5.96. The van der Waals surface area contributed by atoms with Crippen molar-refractivity contribution in [2.45, 2.75) is 33.6 Å². The Morgan fingerprint density at radius 2 is 2.12 bits per heavy atom. The van der Waals surface area contributed by atoms with E-state index in [1.54, 1.807) is 11.3 Å². The minimum absolute atomic E-state index is 0.558. The number of anilines is 1. The standard InChI is InChI=1S/C12H17N3S/c1-4-8-6-9-11(13)14-10(5-7(2)3)15-12(9)16-8/h6-7H,4-5H2,1-3H3,(H2,13,14,15). The molecular weight excluding hydrogens is 218 g/mol. The van der Waals surface area contributed by atoms with E-state index in [2.05, 4.69) is 36.8 Å². The molecule has 0 saturated carbocycles. The van der Waals surface area contributed by atoms with Gasteiger partial charge in [-0.15, -0.1) is 11.3 Å². The van der Waals surface area contributed by atoms with E-state index in [1.807, 2.05) is 0 Å². The van der Waals surface area contributed by atoms with E-state index < -0.39 is 0 Å². The number of thiophene rings is 1. The molecule has 0 aliphatic carbocycles. The summed E-state index contributed by atoms with van der Waals surface area (Å²) in [5, 5.41) is 1.01. The van der Waals surface area contributed by atoms with Gasteiger partial charge in [-0.05, 0) is 18.4 Å². The quantitative estimate of drug-likeness (QED) is 0.889. The molecule has 0 bridgehead atoms. The van der Waals surface area contributed by atoms with Crippen LogP contribution < -0.4 is 5.73 Å². The summed E-state index contributed by atoms with van der Waals surface area (Å²) in [6.07, 6.45) is 1.92. The largest absolute Gasteiger partial charge is 0.383 e. The summed E-state index contributed by atoms with van der Waals surface area (Å²) >= 11 is 1.72. The van der Waals surface area contributed by atoms with Crippen molar-refractivity contribution in [3.8, 4) is 0 Å². The molecule has 0 unspecified atom stereocenters. The normalized spacial score (nSPS) is 11.5. The molecular formula is C12H17N3S. The number of nitrogens with zero attached hydrogens (tertiary/aromatic N) is 2. The third kappa shape index (κ3) is 2.16. The highest BCUT2D eigenvalue weighted by atomic mass is 32.1. The second-order valence-electron chi connectivity index (χ2n) is 4.41. The molecule has 0 aliphatic rings. The molecule has 0 spiro atoms. The molecule has 2 aromatic heterocycles. The van der Waals surface area contributed by atoms with Crippen molar-refractivity contribution in [2.75, 3.05) is 5.73 Å². The molecule has 2 rings (SSSR count). The highest BCUT2D eigenvalue weighted by molar-refractivity contribution is 7.18. The van der Waals surface area contributed by atoms with Crippen LogP contribution in [0, 0.1) is 5.92 Å². The van der Waals surface area contributed by atoms with E-state index in [9.17, 15) is 0 Å². The molecule has 0 aliphatic heterocycles. The van der Waals surface area contributed by atoms with E-state index in [4.69, 9.17) is 5.73 Å². The van der Waals surface area contributed by atoms with E-state index in [0.717, 1.165) is 28.9 Å².